The van der Waals surface area contributed by atoms with Gasteiger partial charge in [0.25, 0.3) is 5.69 Å². The lowest BCUT2D eigenvalue weighted by Crippen LogP contribution is -2.14. The minimum Gasteiger partial charge on any atom is -0.399 e. The molecule has 6 heteroatoms. The molecule has 0 spiro atoms. The monoisotopic (exact) mass is 197 g/mol. The van der Waals surface area contributed by atoms with Gasteiger partial charge in [0.1, 0.15) is 11.9 Å². The first-order valence-corrected chi connectivity index (χ1v) is 3.99. The van der Waals surface area contributed by atoms with Gasteiger partial charge in [-0.3, -0.25) is 10.1 Å². The first kappa shape index (κ1) is 10.3. The maximum absolute atomic E-state index is 10.6. The Morgan fingerprint density at radius 1 is 1.64 bits per heavy atom. The van der Waals surface area contributed by atoms with Crippen LogP contribution in [0.15, 0.2) is 18.2 Å². The summed E-state index contributed by atoms with van der Waals surface area (Å²) in [5.41, 5.74) is 5.82. The number of hydrogen-bond acceptors (Lipinski definition) is 5. The lowest BCUT2D eigenvalue weighted by Gasteiger charge is -2.09. The van der Waals surface area contributed by atoms with Crippen LogP contribution >= 0.6 is 0 Å². The number of nitro groups is 1. The van der Waals surface area contributed by atoms with Crippen LogP contribution in [0.1, 0.15) is 6.92 Å². The predicted molar refractivity (Wildman–Crippen MR) is 52.8 cm³/mol. The molecule has 0 radical (unpaired) electrons. The summed E-state index contributed by atoms with van der Waals surface area (Å²) in [6, 6.07) is 4.22. The second-order valence-corrected chi connectivity index (χ2v) is 2.85. The molecular weight excluding hydrogens is 186 g/mol. The molecule has 1 rings (SSSR count). The van der Waals surface area contributed by atoms with Crippen LogP contribution in [-0.2, 0) is 0 Å². The van der Waals surface area contributed by atoms with Crippen LogP contribution in [0.4, 0.5) is 17.1 Å². The maximum atomic E-state index is 10.6. The van der Waals surface area contributed by atoms with Crippen LogP contribution < -0.4 is 11.1 Å². The molecule has 0 heterocycles. The van der Waals surface area contributed by atoms with Crippen molar-refractivity contribution in [3.05, 3.63) is 28.3 Å². The summed E-state index contributed by atoms with van der Waals surface area (Å²) in [6.45, 7) is 1.47. The molecule has 0 fully saturated rings. The van der Waals surface area contributed by atoms with E-state index < -0.39 is 11.2 Å². The summed E-state index contributed by atoms with van der Waals surface area (Å²) in [5.74, 6) is 0. The fourth-order valence-electron chi connectivity index (χ4n) is 1.05. The molecule has 1 aromatic carbocycles. The highest BCUT2D eigenvalue weighted by Crippen LogP contribution is 2.26. The molecule has 76 valence electrons. The van der Waals surface area contributed by atoms with E-state index in [0.29, 0.717) is 5.69 Å². The Kier molecular flexibility index (Phi) is 2.88. The molecular formula is C8H11N3O3. The molecule has 0 saturated heterocycles. The molecule has 14 heavy (non-hydrogen) atoms. The van der Waals surface area contributed by atoms with E-state index in [9.17, 15) is 10.1 Å². The summed E-state index contributed by atoms with van der Waals surface area (Å²) in [5, 5.41) is 22.1. The lowest BCUT2D eigenvalue weighted by molar-refractivity contribution is -0.383. The molecule has 0 aliphatic rings. The van der Waals surface area contributed by atoms with E-state index in [2.05, 4.69) is 5.32 Å². The normalized spacial score (nSPS) is 12.1. The van der Waals surface area contributed by atoms with E-state index in [-0.39, 0.29) is 11.4 Å². The van der Waals surface area contributed by atoms with Crippen molar-refractivity contribution in [2.45, 2.75) is 13.2 Å². The van der Waals surface area contributed by atoms with Crippen LogP contribution in [0.3, 0.4) is 0 Å². The molecule has 1 unspecified atom stereocenters. The van der Waals surface area contributed by atoms with E-state index in [4.69, 9.17) is 10.8 Å². The Hall–Kier alpha value is -1.82. The Morgan fingerprint density at radius 2 is 2.29 bits per heavy atom. The lowest BCUT2D eigenvalue weighted by atomic mass is 10.2. The largest absolute Gasteiger partial charge is 0.399 e. The highest BCUT2D eigenvalue weighted by atomic mass is 16.6. The van der Waals surface area contributed by atoms with Gasteiger partial charge >= 0.3 is 0 Å². The third-order valence-electron chi connectivity index (χ3n) is 1.58. The SMILES string of the molecule is CC(O)Nc1ccc(N)cc1[N+](=O)[O-]. The number of hydrogen-bond donors (Lipinski definition) is 3. The first-order valence-electron chi connectivity index (χ1n) is 3.99. The molecule has 0 aromatic heterocycles. The van der Waals surface area contributed by atoms with Crippen molar-refractivity contribution in [1.82, 2.24) is 0 Å². The second-order valence-electron chi connectivity index (χ2n) is 2.85. The number of benzene rings is 1. The minimum atomic E-state index is -0.850. The number of nitrogens with zero attached hydrogens (tertiary/aromatic N) is 1. The Balaban J connectivity index is 3.08. The van der Waals surface area contributed by atoms with Crippen molar-refractivity contribution in [2.75, 3.05) is 11.1 Å². The Bertz CT molecular complexity index is 352. The quantitative estimate of drug-likeness (QED) is 0.289. The molecule has 4 N–H and O–H groups in total. The smallest absolute Gasteiger partial charge is 0.294 e. The number of aliphatic hydroxyl groups is 1. The summed E-state index contributed by atoms with van der Waals surface area (Å²) < 4.78 is 0. The van der Waals surface area contributed by atoms with E-state index in [1.54, 1.807) is 0 Å². The third kappa shape index (κ3) is 2.33. The summed E-state index contributed by atoms with van der Waals surface area (Å²) in [6.07, 6.45) is -0.850. The second kappa shape index (κ2) is 3.93. The molecule has 1 aromatic rings. The van der Waals surface area contributed by atoms with Crippen LogP contribution in [0.25, 0.3) is 0 Å². The summed E-state index contributed by atoms with van der Waals surface area (Å²) in [7, 11) is 0. The topological polar surface area (TPSA) is 101 Å². The van der Waals surface area contributed by atoms with E-state index in [0.717, 1.165) is 0 Å². The van der Waals surface area contributed by atoms with Crippen molar-refractivity contribution < 1.29 is 10.0 Å². The molecule has 6 nitrogen and oxygen atoms in total. The van der Waals surface area contributed by atoms with Crippen molar-refractivity contribution in [3.8, 4) is 0 Å². The number of anilines is 2. The Labute approximate surface area is 80.5 Å². The Morgan fingerprint density at radius 3 is 2.79 bits per heavy atom. The first-order chi connectivity index (χ1) is 6.50. The summed E-state index contributed by atoms with van der Waals surface area (Å²) in [4.78, 5) is 10.0. The molecule has 0 aliphatic carbocycles. The number of nitrogen functional groups attached to an aromatic ring is 1. The van der Waals surface area contributed by atoms with E-state index in [1.807, 2.05) is 0 Å². The third-order valence-corrected chi connectivity index (χ3v) is 1.58. The van der Waals surface area contributed by atoms with Crippen molar-refractivity contribution in [1.29, 1.82) is 0 Å². The van der Waals surface area contributed by atoms with Crippen LogP contribution in [0, 0.1) is 10.1 Å². The number of rotatable bonds is 3. The standard InChI is InChI=1S/C8H11N3O3/c1-5(12)10-7-3-2-6(9)4-8(7)11(13)14/h2-5,10,12H,9H2,1H3. The molecule has 0 saturated carbocycles. The zero-order valence-electron chi connectivity index (χ0n) is 7.60. The molecule has 0 aliphatic heterocycles. The van der Waals surface area contributed by atoms with Crippen LogP contribution in [-0.4, -0.2) is 16.3 Å². The molecule has 0 bridgehead atoms. The van der Waals surface area contributed by atoms with Crippen LogP contribution in [0.2, 0.25) is 0 Å². The average Bonchev–Trinajstić information content (AvgIpc) is 2.07. The van der Waals surface area contributed by atoms with Crippen LogP contribution in [0.5, 0.6) is 0 Å². The molecule has 1 atom stereocenters. The predicted octanol–water partition coefficient (Wildman–Crippen LogP) is 0.927. The summed E-state index contributed by atoms with van der Waals surface area (Å²) >= 11 is 0. The van der Waals surface area contributed by atoms with Crippen molar-refractivity contribution >= 4 is 17.1 Å². The number of nitro benzene ring substituents is 1. The van der Waals surface area contributed by atoms with Gasteiger partial charge in [-0.2, -0.15) is 0 Å². The minimum absolute atomic E-state index is 0.147. The number of nitrogens with one attached hydrogen (secondary N) is 1. The van der Waals surface area contributed by atoms with Crippen molar-refractivity contribution in [3.63, 3.8) is 0 Å². The zero-order chi connectivity index (χ0) is 10.7. The van der Waals surface area contributed by atoms with Gasteiger partial charge in [-0.25, -0.2) is 0 Å². The van der Waals surface area contributed by atoms with E-state index in [1.165, 1.54) is 25.1 Å². The fourth-order valence-corrected chi connectivity index (χ4v) is 1.05. The molecule has 0 amide bonds. The van der Waals surface area contributed by atoms with Gasteiger partial charge in [0.15, 0.2) is 0 Å². The van der Waals surface area contributed by atoms with Gasteiger partial charge in [-0.1, -0.05) is 0 Å². The number of aliphatic hydroxyl groups excluding tert-OH is 1. The van der Waals surface area contributed by atoms with Gasteiger partial charge < -0.3 is 16.2 Å². The van der Waals surface area contributed by atoms with Crippen molar-refractivity contribution in [2.24, 2.45) is 0 Å². The fraction of sp³-hybridized carbons (Fsp3) is 0.250. The van der Waals surface area contributed by atoms with Gasteiger partial charge in [0.2, 0.25) is 0 Å². The number of nitrogens with two attached hydrogens (primary N) is 1. The van der Waals surface area contributed by atoms with Gasteiger partial charge in [-0.05, 0) is 19.1 Å². The van der Waals surface area contributed by atoms with E-state index >= 15 is 0 Å². The highest BCUT2D eigenvalue weighted by molar-refractivity contribution is 5.66. The maximum Gasteiger partial charge on any atom is 0.294 e. The van der Waals surface area contributed by atoms with Gasteiger partial charge in [0.05, 0.1) is 4.92 Å². The van der Waals surface area contributed by atoms with Gasteiger partial charge in [-0.15, -0.1) is 0 Å². The van der Waals surface area contributed by atoms with Gasteiger partial charge in [0, 0.05) is 11.8 Å². The zero-order valence-corrected chi connectivity index (χ0v) is 7.60. The highest BCUT2D eigenvalue weighted by Gasteiger charge is 2.14. The average molecular weight is 197 g/mol.